The Hall–Kier alpha value is -1.69. The van der Waals surface area contributed by atoms with E-state index in [0.717, 1.165) is 25.0 Å². The van der Waals surface area contributed by atoms with E-state index in [-0.39, 0.29) is 5.92 Å². The van der Waals surface area contributed by atoms with Crippen molar-refractivity contribution in [2.45, 2.75) is 19.3 Å². The number of ether oxygens (including phenoxy) is 1. The van der Waals surface area contributed by atoms with Crippen LogP contribution in [-0.4, -0.2) is 47.3 Å². The van der Waals surface area contributed by atoms with Crippen molar-refractivity contribution in [1.82, 2.24) is 9.97 Å². The Labute approximate surface area is 116 Å². The van der Waals surface area contributed by atoms with Crippen LogP contribution < -0.4 is 4.90 Å². The Balaban J connectivity index is 1.64. The number of aryl methyl sites for hydroxylation is 2. The first-order valence-corrected chi connectivity index (χ1v) is 7.10. The maximum absolute atomic E-state index is 11.6. The van der Waals surface area contributed by atoms with E-state index >= 15 is 0 Å². The fourth-order valence-corrected chi connectivity index (χ4v) is 3.65. The lowest BCUT2D eigenvalue weighted by atomic mass is 9.81. The zero-order valence-corrected chi connectivity index (χ0v) is 11.2. The van der Waals surface area contributed by atoms with Gasteiger partial charge in [-0.15, -0.1) is 0 Å². The van der Waals surface area contributed by atoms with Gasteiger partial charge in [-0.2, -0.15) is 0 Å². The molecule has 2 saturated heterocycles. The van der Waals surface area contributed by atoms with Crippen molar-refractivity contribution in [2.24, 2.45) is 11.3 Å². The summed E-state index contributed by atoms with van der Waals surface area (Å²) in [4.78, 5) is 22.7. The minimum Gasteiger partial charge on any atom is -0.481 e. The highest BCUT2D eigenvalue weighted by Crippen LogP contribution is 2.42. The van der Waals surface area contributed by atoms with Crippen molar-refractivity contribution >= 4 is 11.9 Å². The number of fused-ring (bicyclic) bond motifs is 2. The fraction of sp³-hybridized carbons (Fsp3) is 0.643. The summed E-state index contributed by atoms with van der Waals surface area (Å²) < 4.78 is 5.39. The maximum Gasteiger partial charge on any atom is 0.314 e. The lowest BCUT2D eigenvalue weighted by molar-refractivity contribution is -0.149. The van der Waals surface area contributed by atoms with Crippen molar-refractivity contribution in [3.05, 3.63) is 17.5 Å². The van der Waals surface area contributed by atoms with Gasteiger partial charge in [-0.1, -0.05) is 0 Å². The van der Waals surface area contributed by atoms with Crippen LogP contribution in [-0.2, 0) is 22.4 Å². The molecule has 0 radical (unpaired) electrons. The number of hydrogen-bond acceptors (Lipinski definition) is 5. The summed E-state index contributed by atoms with van der Waals surface area (Å²) in [6.45, 7) is 1.94. The zero-order chi connectivity index (χ0) is 13.7. The molecule has 0 amide bonds. The lowest BCUT2D eigenvalue weighted by Gasteiger charge is -2.22. The third kappa shape index (κ3) is 1.57. The quantitative estimate of drug-likeness (QED) is 0.847. The summed E-state index contributed by atoms with van der Waals surface area (Å²) >= 11 is 0. The molecule has 0 saturated carbocycles. The van der Waals surface area contributed by atoms with Crippen LogP contribution in [0.4, 0.5) is 5.95 Å². The second-order valence-electron chi connectivity index (χ2n) is 6.05. The first-order valence-electron chi connectivity index (χ1n) is 7.10. The van der Waals surface area contributed by atoms with Gasteiger partial charge in [0.1, 0.15) is 5.41 Å². The number of hydrogen-bond donors (Lipinski definition) is 1. The Morgan fingerprint density at radius 2 is 2.40 bits per heavy atom. The molecule has 2 atom stereocenters. The van der Waals surface area contributed by atoms with Crippen LogP contribution in [0.5, 0.6) is 0 Å². The summed E-state index contributed by atoms with van der Waals surface area (Å²) in [5.41, 5.74) is 1.60. The number of carbonyl (C=O) groups is 1. The number of carboxylic acids is 1. The van der Waals surface area contributed by atoms with Crippen LogP contribution in [0, 0.1) is 11.3 Å². The second kappa shape index (κ2) is 4.15. The minimum absolute atomic E-state index is 0.0388. The molecule has 1 aromatic heterocycles. The largest absolute Gasteiger partial charge is 0.481 e. The molecule has 0 unspecified atom stereocenters. The molecule has 0 aromatic carbocycles. The predicted octanol–water partition coefficient (Wildman–Crippen LogP) is 0.503. The highest BCUT2D eigenvalue weighted by Gasteiger charge is 2.56. The molecule has 3 aliphatic rings. The summed E-state index contributed by atoms with van der Waals surface area (Å²) in [5, 5.41) is 9.55. The Morgan fingerprint density at radius 3 is 3.20 bits per heavy atom. The van der Waals surface area contributed by atoms with E-state index in [4.69, 9.17) is 4.74 Å². The molecule has 2 fully saturated rings. The predicted molar refractivity (Wildman–Crippen MR) is 70.6 cm³/mol. The fourth-order valence-electron chi connectivity index (χ4n) is 3.65. The SMILES string of the molecule is O=C(O)[C@]12COC[C@H]1CN(c1ncc3c(n1)CCC3)C2. The van der Waals surface area contributed by atoms with Gasteiger partial charge in [0.15, 0.2) is 0 Å². The average Bonchev–Trinajstić information content (AvgIpc) is 3.11. The Kier molecular flexibility index (Phi) is 2.51. The molecule has 6 nitrogen and oxygen atoms in total. The molecule has 106 valence electrons. The molecular formula is C14H17N3O3. The topological polar surface area (TPSA) is 75.6 Å². The molecule has 1 aliphatic carbocycles. The number of aliphatic carboxylic acids is 1. The van der Waals surface area contributed by atoms with Gasteiger partial charge in [0.05, 0.1) is 13.2 Å². The third-order valence-electron chi connectivity index (χ3n) is 4.88. The molecule has 2 aliphatic heterocycles. The molecule has 1 N–H and O–H groups in total. The van der Waals surface area contributed by atoms with Crippen molar-refractivity contribution in [1.29, 1.82) is 0 Å². The molecule has 3 heterocycles. The summed E-state index contributed by atoms with van der Waals surface area (Å²) in [5.74, 6) is -0.0406. The zero-order valence-electron chi connectivity index (χ0n) is 11.2. The number of aromatic nitrogens is 2. The van der Waals surface area contributed by atoms with E-state index in [1.54, 1.807) is 0 Å². The smallest absolute Gasteiger partial charge is 0.314 e. The second-order valence-corrected chi connectivity index (χ2v) is 6.05. The first kappa shape index (κ1) is 12.1. The van der Waals surface area contributed by atoms with Crippen LogP contribution in [0.1, 0.15) is 17.7 Å². The van der Waals surface area contributed by atoms with E-state index in [9.17, 15) is 9.90 Å². The van der Waals surface area contributed by atoms with Crippen molar-refractivity contribution in [3.63, 3.8) is 0 Å². The first-order chi connectivity index (χ1) is 9.69. The molecule has 20 heavy (non-hydrogen) atoms. The third-order valence-corrected chi connectivity index (χ3v) is 4.88. The molecule has 4 rings (SSSR count). The van der Waals surface area contributed by atoms with Gasteiger partial charge >= 0.3 is 5.97 Å². The van der Waals surface area contributed by atoms with Crippen LogP contribution in [0.25, 0.3) is 0 Å². The number of carboxylic acid groups (broad SMARTS) is 1. The van der Waals surface area contributed by atoms with Crippen LogP contribution in [0.3, 0.4) is 0 Å². The molecule has 0 bridgehead atoms. The van der Waals surface area contributed by atoms with Gasteiger partial charge < -0.3 is 14.7 Å². The minimum atomic E-state index is -0.775. The molecule has 0 spiro atoms. The van der Waals surface area contributed by atoms with Crippen molar-refractivity contribution in [3.8, 4) is 0 Å². The number of nitrogens with zero attached hydrogens (tertiary/aromatic N) is 3. The van der Waals surface area contributed by atoms with Crippen LogP contribution in [0.15, 0.2) is 6.20 Å². The Morgan fingerprint density at radius 1 is 1.50 bits per heavy atom. The Bertz CT molecular complexity index is 577. The maximum atomic E-state index is 11.6. The normalized spacial score (nSPS) is 31.4. The summed E-state index contributed by atoms with van der Waals surface area (Å²) in [6.07, 6.45) is 5.12. The lowest BCUT2D eigenvalue weighted by Crippen LogP contribution is -2.39. The van der Waals surface area contributed by atoms with Gasteiger partial charge in [0, 0.05) is 30.9 Å². The van der Waals surface area contributed by atoms with E-state index in [1.807, 2.05) is 11.1 Å². The van der Waals surface area contributed by atoms with Gasteiger partial charge in [-0.05, 0) is 24.8 Å². The molecule has 1 aromatic rings. The number of rotatable bonds is 2. The average molecular weight is 275 g/mol. The van der Waals surface area contributed by atoms with Crippen molar-refractivity contribution < 1.29 is 14.6 Å². The molecule has 6 heteroatoms. The van der Waals surface area contributed by atoms with Gasteiger partial charge in [0.25, 0.3) is 0 Å². The van der Waals surface area contributed by atoms with E-state index in [0.29, 0.717) is 32.3 Å². The standard InChI is InChI=1S/C14H17N3O3/c18-12(19)14-7-17(5-10(14)6-20-8-14)13-15-4-9-2-1-3-11(9)16-13/h4,10H,1-3,5-8H2,(H,18,19)/t10-,14-/m1/s1. The van der Waals surface area contributed by atoms with E-state index in [1.165, 1.54) is 5.56 Å². The van der Waals surface area contributed by atoms with Crippen LogP contribution >= 0.6 is 0 Å². The monoisotopic (exact) mass is 275 g/mol. The summed E-state index contributed by atoms with van der Waals surface area (Å²) in [6, 6.07) is 0. The van der Waals surface area contributed by atoms with E-state index < -0.39 is 11.4 Å². The van der Waals surface area contributed by atoms with Gasteiger partial charge in [-0.3, -0.25) is 4.79 Å². The van der Waals surface area contributed by atoms with E-state index in [2.05, 4.69) is 9.97 Å². The highest BCUT2D eigenvalue weighted by atomic mass is 16.5. The van der Waals surface area contributed by atoms with Gasteiger partial charge in [-0.25, -0.2) is 9.97 Å². The molecular weight excluding hydrogens is 258 g/mol. The number of anilines is 1. The summed E-state index contributed by atoms with van der Waals surface area (Å²) in [7, 11) is 0. The van der Waals surface area contributed by atoms with Crippen molar-refractivity contribution in [2.75, 3.05) is 31.2 Å². The van der Waals surface area contributed by atoms with Gasteiger partial charge in [0.2, 0.25) is 5.95 Å². The van der Waals surface area contributed by atoms with Crippen LogP contribution in [0.2, 0.25) is 0 Å². The highest BCUT2D eigenvalue weighted by molar-refractivity contribution is 5.77.